The Labute approximate surface area is 234 Å². The van der Waals surface area contributed by atoms with Crippen molar-refractivity contribution in [2.75, 3.05) is 35.8 Å². The summed E-state index contributed by atoms with van der Waals surface area (Å²) in [4.78, 5) is 58.7. The Bertz CT molecular complexity index is 1410. The lowest BCUT2D eigenvalue weighted by atomic mass is 9.78. The Hall–Kier alpha value is -4.46. The van der Waals surface area contributed by atoms with Crippen molar-refractivity contribution in [1.29, 1.82) is 0 Å². The van der Waals surface area contributed by atoms with Crippen molar-refractivity contribution in [1.82, 2.24) is 4.90 Å². The van der Waals surface area contributed by atoms with E-state index in [2.05, 4.69) is 5.32 Å². The maximum absolute atomic E-state index is 14.2. The van der Waals surface area contributed by atoms with E-state index in [-0.39, 0.29) is 24.9 Å². The number of hydrogen-bond donors (Lipinski definition) is 1. The summed E-state index contributed by atoms with van der Waals surface area (Å²) in [7, 11) is 3.91. The summed E-state index contributed by atoms with van der Waals surface area (Å²) >= 11 is 0. The van der Waals surface area contributed by atoms with Crippen LogP contribution in [0.15, 0.2) is 78.9 Å². The lowest BCUT2D eigenvalue weighted by molar-refractivity contribution is -0.148. The number of carbonyl (C=O) groups is 4. The highest BCUT2D eigenvalue weighted by atomic mass is 16.2. The van der Waals surface area contributed by atoms with Crippen LogP contribution >= 0.6 is 0 Å². The van der Waals surface area contributed by atoms with Gasteiger partial charge in [-0.2, -0.15) is 0 Å². The first-order valence-electron chi connectivity index (χ1n) is 13.7. The first-order valence-corrected chi connectivity index (χ1v) is 13.7. The van der Waals surface area contributed by atoms with E-state index < -0.39 is 17.2 Å². The van der Waals surface area contributed by atoms with E-state index in [0.29, 0.717) is 29.8 Å². The van der Waals surface area contributed by atoms with E-state index in [1.54, 1.807) is 29.2 Å². The van der Waals surface area contributed by atoms with Crippen molar-refractivity contribution < 1.29 is 19.2 Å². The van der Waals surface area contributed by atoms with Crippen LogP contribution in [0.25, 0.3) is 0 Å². The van der Waals surface area contributed by atoms with Gasteiger partial charge in [0.2, 0.25) is 11.8 Å². The van der Waals surface area contributed by atoms with Crippen LogP contribution in [0.5, 0.6) is 0 Å². The molecule has 40 heavy (non-hydrogen) atoms. The Kier molecular flexibility index (Phi) is 7.69. The number of para-hydroxylation sites is 1. The van der Waals surface area contributed by atoms with E-state index in [1.807, 2.05) is 73.6 Å². The molecule has 5 rings (SSSR count). The summed E-state index contributed by atoms with van der Waals surface area (Å²) in [5, 5.41) is 3.08. The van der Waals surface area contributed by atoms with Gasteiger partial charge >= 0.3 is 0 Å². The Morgan fingerprint density at radius 2 is 1.50 bits per heavy atom. The second-order valence-corrected chi connectivity index (χ2v) is 10.7. The normalized spacial score (nSPS) is 15.9. The van der Waals surface area contributed by atoms with E-state index in [0.717, 1.165) is 30.5 Å². The van der Waals surface area contributed by atoms with Gasteiger partial charge in [0.25, 0.3) is 11.7 Å². The van der Waals surface area contributed by atoms with Gasteiger partial charge in [-0.3, -0.25) is 24.1 Å². The van der Waals surface area contributed by atoms with E-state index in [1.165, 1.54) is 4.90 Å². The van der Waals surface area contributed by atoms with Gasteiger partial charge in [0.15, 0.2) is 0 Å². The second-order valence-electron chi connectivity index (χ2n) is 10.7. The number of benzene rings is 3. The molecule has 0 bridgehead atoms. The molecular weight excluding hydrogens is 504 g/mol. The molecule has 1 aliphatic carbocycles. The van der Waals surface area contributed by atoms with Gasteiger partial charge in [0.1, 0.15) is 12.1 Å². The summed E-state index contributed by atoms with van der Waals surface area (Å²) in [6.07, 6.45) is 3.60. The molecule has 206 valence electrons. The van der Waals surface area contributed by atoms with Crippen LogP contribution < -0.4 is 15.1 Å². The summed E-state index contributed by atoms with van der Waals surface area (Å²) in [6.45, 7) is -0.106. The number of carbonyl (C=O) groups excluding carboxylic acids is 4. The van der Waals surface area contributed by atoms with Crippen LogP contribution in [0.4, 0.5) is 17.1 Å². The van der Waals surface area contributed by atoms with Crippen LogP contribution in [0.2, 0.25) is 0 Å². The molecule has 2 aliphatic rings. The fraction of sp³-hybridized carbons (Fsp3) is 0.312. The monoisotopic (exact) mass is 538 g/mol. The molecule has 3 amide bonds. The Morgan fingerprint density at radius 3 is 2.17 bits per heavy atom. The van der Waals surface area contributed by atoms with Gasteiger partial charge in [-0.25, -0.2) is 0 Å². The smallest absolute Gasteiger partial charge is 0.299 e. The molecule has 3 aromatic rings. The maximum atomic E-state index is 14.2. The molecule has 0 atom stereocenters. The molecule has 1 saturated carbocycles. The van der Waals surface area contributed by atoms with Crippen LogP contribution in [0.1, 0.15) is 48.0 Å². The molecule has 0 aromatic heterocycles. The summed E-state index contributed by atoms with van der Waals surface area (Å²) < 4.78 is 0. The Morgan fingerprint density at radius 1 is 0.850 bits per heavy atom. The highest BCUT2D eigenvalue weighted by Crippen LogP contribution is 2.37. The van der Waals surface area contributed by atoms with Gasteiger partial charge in [-0.15, -0.1) is 0 Å². The van der Waals surface area contributed by atoms with Gasteiger partial charge < -0.3 is 15.1 Å². The van der Waals surface area contributed by atoms with E-state index >= 15 is 0 Å². The maximum Gasteiger partial charge on any atom is 0.299 e. The van der Waals surface area contributed by atoms with Gasteiger partial charge in [0.05, 0.1) is 11.3 Å². The van der Waals surface area contributed by atoms with Crippen LogP contribution in [0, 0.1) is 0 Å². The van der Waals surface area contributed by atoms with Crippen molar-refractivity contribution >= 4 is 40.6 Å². The minimum Gasteiger partial charge on any atom is -0.378 e. The number of nitrogens with one attached hydrogen (secondary N) is 1. The molecule has 0 radical (unpaired) electrons. The third-order valence-corrected chi connectivity index (χ3v) is 7.92. The lowest BCUT2D eigenvalue weighted by Gasteiger charge is -2.45. The number of hydrogen-bond acceptors (Lipinski definition) is 5. The quantitative estimate of drug-likeness (QED) is 0.422. The zero-order valence-electron chi connectivity index (χ0n) is 22.9. The molecule has 0 saturated heterocycles. The number of amides is 3. The highest BCUT2D eigenvalue weighted by molar-refractivity contribution is 6.52. The number of Topliss-reactive ketones (excluding diaryl/α,β-unsaturated/α-hetero) is 1. The van der Waals surface area contributed by atoms with Crippen LogP contribution in [-0.4, -0.2) is 54.6 Å². The number of anilines is 3. The third-order valence-electron chi connectivity index (χ3n) is 7.92. The lowest BCUT2D eigenvalue weighted by Crippen LogP contribution is -2.61. The molecular formula is C32H34N4O4. The molecule has 0 spiro atoms. The highest BCUT2D eigenvalue weighted by Gasteiger charge is 2.48. The summed E-state index contributed by atoms with van der Waals surface area (Å²) in [5.74, 6) is -1.96. The van der Waals surface area contributed by atoms with E-state index in [4.69, 9.17) is 0 Å². The van der Waals surface area contributed by atoms with E-state index in [9.17, 15) is 19.2 Å². The zero-order valence-corrected chi connectivity index (χ0v) is 22.9. The molecule has 1 N–H and O–H groups in total. The fourth-order valence-corrected chi connectivity index (χ4v) is 5.72. The SMILES string of the molecule is CN(C)c1ccc(NC(=O)C2(N(Cc3ccccc3)C(=O)CN3C(=O)C(=O)c4ccccc43)CCCCC2)cc1. The fourth-order valence-electron chi connectivity index (χ4n) is 5.72. The van der Waals surface area contributed by atoms with Gasteiger partial charge in [-0.1, -0.05) is 61.7 Å². The molecule has 0 unspecified atom stereocenters. The molecule has 8 heteroatoms. The van der Waals surface area contributed by atoms with Gasteiger partial charge in [0, 0.05) is 32.0 Å². The van der Waals surface area contributed by atoms with Crippen LogP contribution in [0.3, 0.4) is 0 Å². The first-order chi connectivity index (χ1) is 19.3. The predicted molar refractivity (Wildman–Crippen MR) is 155 cm³/mol. The van der Waals surface area contributed by atoms with Crippen molar-refractivity contribution in [2.24, 2.45) is 0 Å². The van der Waals surface area contributed by atoms with Crippen molar-refractivity contribution in [2.45, 2.75) is 44.2 Å². The first kappa shape index (κ1) is 27.1. The third kappa shape index (κ3) is 5.21. The second kappa shape index (κ2) is 11.3. The number of rotatable bonds is 8. The Balaban J connectivity index is 1.49. The molecule has 8 nitrogen and oxygen atoms in total. The summed E-state index contributed by atoms with van der Waals surface area (Å²) in [6, 6.07) is 23.8. The largest absolute Gasteiger partial charge is 0.378 e. The number of ketones is 1. The van der Waals surface area contributed by atoms with Crippen molar-refractivity contribution in [3.8, 4) is 0 Å². The standard InChI is InChI=1S/C32H34N4O4/c1-34(2)25-17-15-24(16-18-25)33-31(40)32(19-9-4-10-20-32)36(21-23-11-5-3-6-12-23)28(37)22-35-27-14-8-7-13-26(27)29(38)30(35)39/h3,5-8,11-18H,4,9-10,19-22H2,1-2H3,(H,33,40). The average Bonchev–Trinajstić information content (AvgIpc) is 3.21. The molecule has 1 heterocycles. The predicted octanol–water partition coefficient (Wildman–Crippen LogP) is 4.65. The molecule has 1 aliphatic heterocycles. The summed E-state index contributed by atoms with van der Waals surface area (Å²) in [5.41, 5.74) is 2.17. The van der Waals surface area contributed by atoms with Crippen LogP contribution in [-0.2, 0) is 20.9 Å². The minimum atomic E-state index is -1.10. The average molecular weight is 539 g/mol. The molecule has 1 fully saturated rings. The number of fused-ring (bicyclic) bond motifs is 1. The van der Waals surface area contributed by atoms with Crippen molar-refractivity contribution in [3.63, 3.8) is 0 Å². The minimum absolute atomic E-state index is 0.213. The molecule has 3 aromatic carbocycles. The topological polar surface area (TPSA) is 90.0 Å². The van der Waals surface area contributed by atoms with Gasteiger partial charge in [-0.05, 0) is 54.8 Å². The zero-order chi connectivity index (χ0) is 28.3. The number of nitrogens with zero attached hydrogens (tertiary/aromatic N) is 3. The van der Waals surface area contributed by atoms with Crippen molar-refractivity contribution in [3.05, 3.63) is 90.0 Å².